The van der Waals surface area contributed by atoms with Crippen LogP contribution in [0.4, 0.5) is 20.4 Å². The monoisotopic (exact) mass is 491 g/mol. The van der Waals surface area contributed by atoms with Crippen molar-refractivity contribution in [2.24, 2.45) is 7.05 Å². The Morgan fingerprint density at radius 2 is 1.90 bits per heavy atom. The molecule has 3 aromatic rings. The number of tetrazole rings is 1. The summed E-state index contributed by atoms with van der Waals surface area (Å²) in [5.41, 5.74) is -0.842. The molecule has 10 nitrogen and oxygen atoms in total. The molecule has 31 heavy (non-hydrogen) atoms. The maximum Gasteiger partial charge on any atom is 0.387 e. The highest BCUT2D eigenvalue weighted by atomic mass is 35.5. The van der Waals surface area contributed by atoms with Crippen LogP contribution in [-0.4, -0.2) is 43.6 Å². The first kappa shape index (κ1) is 22.6. The largest absolute Gasteiger partial charge is 0.433 e. The lowest BCUT2D eigenvalue weighted by Crippen LogP contribution is -2.19. The first-order valence-corrected chi connectivity index (χ1v) is 9.24. The van der Waals surface area contributed by atoms with Gasteiger partial charge in [-0.25, -0.2) is 9.67 Å². The van der Waals surface area contributed by atoms with Crippen LogP contribution >= 0.6 is 34.8 Å². The molecule has 15 heteroatoms. The third kappa shape index (κ3) is 5.16. The molecule has 0 unspecified atom stereocenters. The number of hydrogen-bond acceptors (Lipinski definition) is 7. The number of alkyl halides is 2. The summed E-state index contributed by atoms with van der Waals surface area (Å²) in [5, 5.41) is 14.9. The number of pyridine rings is 1. The molecular formula is C16H10Cl3F2N7O3. The quantitative estimate of drug-likeness (QED) is 0.538. The zero-order valence-corrected chi connectivity index (χ0v) is 17.5. The third-order valence-electron chi connectivity index (χ3n) is 3.67. The Kier molecular flexibility index (Phi) is 6.83. The molecule has 0 aliphatic carbocycles. The Labute approximate surface area is 187 Å². The molecule has 0 saturated heterocycles. The first-order chi connectivity index (χ1) is 14.7. The number of rotatable bonds is 6. The number of benzene rings is 1. The van der Waals surface area contributed by atoms with Crippen LogP contribution in [0.3, 0.4) is 0 Å². The summed E-state index contributed by atoms with van der Waals surface area (Å²) in [5.74, 6) is -2.17. The van der Waals surface area contributed by atoms with Gasteiger partial charge in [-0.3, -0.25) is 14.9 Å². The van der Waals surface area contributed by atoms with Crippen LogP contribution < -0.4 is 15.4 Å². The molecule has 0 radical (unpaired) electrons. The Morgan fingerprint density at radius 1 is 1.16 bits per heavy atom. The molecule has 0 saturated carbocycles. The topological polar surface area (TPSA) is 124 Å². The van der Waals surface area contributed by atoms with Crippen molar-refractivity contribution < 1.29 is 23.1 Å². The van der Waals surface area contributed by atoms with Crippen molar-refractivity contribution in [2.45, 2.75) is 6.61 Å². The average Bonchev–Trinajstić information content (AvgIpc) is 3.08. The van der Waals surface area contributed by atoms with Gasteiger partial charge in [0.05, 0.1) is 20.6 Å². The second kappa shape index (κ2) is 9.37. The number of nitrogens with one attached hydrogen (secondary N) is 2. The van der Waals surface area contributed by atoms with Gasteiger partial charge in [0.25, 0.3) is 11.8 Å². The van der Waals surface area contributed by atoms with Gasteiger partial charge >= 0.3 is 6.61 Å². The fraction of sp³-hybridized carbons (Fsp3) is 0.125. The smallest absolute Gasteiger partial charge is 0.387 e. The number of carbonyl (C=O) groups excluding carboxylic acids is 2. The number of hydrogen-bond donors (Lipinski definition) is 2. The van der Waals surface area contributed by atoms with Crippen LogP contribution in [0.5, 0.6) is 5.75 Å². The summed E-state index contributed by atoms with van der Waals surface area (Å²) in [6.45, 7) is -3.23. The number of carbonyl (C=O) groups is 2. The number of nitrogens with zero attached hydrogens (tertiary/aromatic N) is 5. The second-order valence-corrected chi connectivity index (χ2v) is 6.92. The van der Waals surface area contributed by atoms with Gasteiger partial charge in [0.15, 0.2) is 5.75 Å². The zero-order chi connectivity index (χ0) is 22.7. The molecule has 3 rings (SSSR count). The summed E-state index contributed by atoms with van der Waals surface area (Å²) < 4.78 is 31.2. The number of amides is 2. The van der Waals surface area contributed by atoms with Crippen molar-refractivity contribution in [3.8, 4) is 5.75 Å². The summed E-state index contributed by atoms with van der Waals surface area (Å²) in [6, 6.07) is 3.43. The van der Waals surface area contributed by atoms with Crippen LogP contribution in [-0.2, 0) is 7.05 Å². The standard InChI is InChI=1S/C16H10Cl3F2N7O3/c1-28-16(25-26-27-28)24-13(29)7-2-3-9(31-15(20)21)12(10(7)19)23-14(30)11-8(18)4-6(17)5-22-11/h2-5,15H,1H3,(H,23,30)(H,24,25,27,29). The number of halogens is 5. The SMILES string of the molecule is Cn1nnnc1NC(=O)c1ccc(OC(F)F)c(NC(=O)c2ncc(Cl)cc2Cl)c1Cl. The van der Waals surface area contributed by atoms with E-state index >= 15 is 0 Å². The highest BCUT2D eigenvalue weighted by Gasteiger charge is 2.24. The molecule has 2 aromatic heterocycles. The van der Waals surface area contributed by atoms with Crippen molar-refractivity contribution >= 4 is 58.3 Å². The molecule has 2 N–H and O–H groups in total. The summed E-state index contributed by atoms with van der Waals surface area (Å²) >= 11 is 17.9. The van der Waals surface area contributed by atoms with E-state index in [4.69, 9.17) is 34.8 Å². The number of aryl methyl sites for hydroxylation is 1. The highest BCUT2D eigenvalue weighted by molar-refractivity contribution is 6.39. The van der Waals surface area contributed by atoms with Crippen LogP contribution in [0.2, 0.25) is 15.1 Å². The van der Waals surface area contributed by atoms with Crippen molar-refractivity contribution in [3.05, 3.63) is 50.7 Å². The molecule has 162 valence electrons. The van der Waals surface area contributed by atoms with E-state index in [2.05, 4.69) is 35.9 Å². The minimum atomic E-state index is -3.23. The number of aromatic nitrogens is 5. The van der Waals surface area contributed by atoms with E-state index in [1.54, 1.807) is 0 Å². The fourth-order valence-electron chi connectivity index (χ4n) is 2.30. The normalized spacial score (nSPS) is 10.8. The molecule has 0 bridgehead atoms. The zero-order valence-electron chi connectivity index (χ0n) is 15.2. The molecule has 0 aliphatic rings. The van der Waals surface area contributed by atoms with Crippen molar-refractivity contribution in [3.63, 3.8) is 0 Å². The summed E-state index contributed by atoms with van der Waals surface area (Å²) in [6.07, 6.45) is 1.17. The van der Waals surface area contributed by atoms with Gasteiger partial charge in [-0.15, -0.1) is 0 Å². The Morgan fingerprint density at radius 3 is 2.52 bits per heavy atom. The maximum absolute atomic E-state index is 12.8. The Hall–Kier alpha value is -3.09. The van der Waals surface area contributed by atoms with Crippen LogP contribution in [0.1, 0.15) is 20.8 Å². The van der Waals surface area contributed by atoms with Gasteiger partial charge in [0, 0.05) is 13.2 Å². The number of anilines is 2. The maximum atomic E-state index is 12.8. The predicted octanol–water partition coefficient (Wildman–Crippen LogP) is 3.67. The van der Waals surface area contributed by atoms with Gasteiger partial charge in [0.2, 0.25) is 5.95 Å². The fourth-order valence-corrected chi connectivity index (χ4v) is 3.06. The van der Waals surface area contributed by atoms with Crippen LogP contribution in [0.25, 0.3) is 0 Å². The van der Waals surface area contributed by atoms with Gasteiger partial charge in [-0.1, -0.05) is 39.9 Å². The molecule has 0 atom stereocenters. The second-order valence-electron chi connectivity index (χ2n) is 5.70. The minimum Gasteiger partial charge on any atom is -0.433 e. The minimum absolute atomic E-state index is 0.00305. The lowest BCUT2D eigenvalue weighted by Gasteiger charge is -2.16. The molecule has 0 aliphatic heterocycles. The van der Waals surface area contributed by atoms with E-state index in [0.29, 0.717) is 0 Å². The molecule has 2 heterocycles. The van der Waals surface area contributed by atoms with Crippen molar-refractivity contribution in [1.82, 2.24) is 25.2 Å². The van der Waals surface area contributed by atoms with E-state index in [1.807, 2.05) is 0 Å². The lowest BCUT2D eigenvalue weighted by atomic mass is 10.1. The average molecular weight is 493 g/mol. The molecule has 2 amide bonds. The highest BCUT2D eigenvalue weighted by Crippen LogP contribution is 2.37. The lowest BCUT2D eigenvalue weighted by molar-refractivity contribution is -0.0493. The van der Waals surface area contributed by atoms with E-state index < -0.39 is 29.9 Å². The van der Waals surface area contributed by atoms with E-state index in [1.165, 1.54) is 24.0 Å². The molecule has 1 aromatic carbocycles. The van der Waals surface area contributed by atoms with Crippen molar-refractivity contribution in [2.75, 3.05) is 10.6 Å². The summed E-state index contributed by atoms with van der Waals surface area (Å²) in [7, 11) is 1.48. The molecular weight excluding hydrogens is 483 g/mol. The Bertz CT molecular complexity index is 1160. The molecule has 0 spiro atoms. The van der Waals surface area contributed by atoms with Crippen LogP contribution in [0.15, 0.2) is 24.4 Å². The molecule has 0 fully saturated rings. The Balaban J connectivity index is 1.97. The first-order valence-electron chi connectivity index (χ1n) is 8.10. The summed E-state index contributed by atoms with van der Waals surface area (Å²) in [4.78, 5) is 28.9. The van der Waals surface area contributed by atoms with Gasteiger partial charge < -0.3 is 10.1 Å². The van der Waals surface area contributed by atoms with Gasteiger partial charge in [-0.05, 0) is 28.6 Å². The van der Waals surface area contributed by atoms with Crippen molar-refractivity contribution in [1.29, 1.82) is 0 Å². The number of ether oxygens (including phenoxy) is 1. The predicted molar refractivity (Wildman–Crippen MR) is 107 cm³/mol. The van der Waals surface area contributed by atoms with Gasteiger partial charge in [0.1, 0.15) is 11.4 Å². The third-order valence-corrected chi connectivity index (χ3v) is 4.56. The van der Waals surface area contributed by atoms with Crippen LogP contribution in [0, 0.1) is 0 Å². The van der Waals surface area contributed by atoms with Gasteiger partial charge in [-0.2, -0.15) is 8.78 Å². The van der Waals surface area contributed by atoms with E-state index in [0.717, 1.165) is 12.1 Å². The van der Waals surface area contributed by atoms with E-state index in [-0.39, 0.29) is 32.3 Å². The van der Waals surface area contributed by atoms with E-state index in [9.17, 15) is 18.4 Å².